The minimum atomic E-state index is -0.303. The predicted octanol–water partition coefficient (Wildman–Crippen LogP) is 3.30. The Balaban J connectivity index is 1.68. The van der Waals surface area contributed by atoms with Crippen molar-refractivity contribution in [2.45, 2.75) is 39.9 Å². The Hall–Kier alpha value is -2.41. The highest BCUT2D eigenvalue weighted by Crippen LogP contribution is 2.34. The fourth-order valence-corrected chi connectivity index (χ4v) is 3.13. The molecule has 3 rings (SSSR count). The zero-order valence-electron chi connectivity index (χ0n) is 14.1. The van der Waals surface area contributed by atoms with E-state index < -0.39 is 0 Å². The number of anilines is 1. The molecule has 1 aromatic carbocycles. The zero-order chi connectivity index (χ0) is 17.3. The van der Waals surface area contributed by atoms with E-state index >= 15 is 0 Å². The maximum atomic E-state index is 11.4. The van der Waals surface area contributed by atoms with Crippen LogP contribution in [0.5, 0.6) is 0 Å². The third-order valence-electron chi connectivity index (χ3n) is 4.53. The van der Waals surface area contributed by atoms with Gasteiger partial charge in [-0.1, -0.05) is 17.3 Å². The highest BCUT2D eigenvalue weighted by molar-refractivity contribution is 5.67. The van der Waals surface area contributed by atoms with E-state index in [9.17, 15) is 10.1 Å². The van der Waals surface area contributed by atoms with E-state index in [-0.39, 0.29) is 16.7 Å². The summed E-state index contributed by atoms with van der Waals surface area (Å²) in [7, 11) is 0. The van der Waals surface area contributed by atoms with Crippen LogP contribution in [0.25, 0.3) is 0 Å². The Morgan fingerprint density at radius 3 is 2.88 bits per heavy atom. The Labute approximate surface area is 140 Å². The molecule has 7 nitrogen and oxygen atoms in total. The number of nitrogens with zero attached hydrogens (tertiary/aromatic N) is 3. The van der Waals surface area contributed by atoms with Gasteiger partial charge in [0.25, 0.3) is 5.69 Å². The van der Waals surface area contributed by atoms with Gasteiger partial charge in [0.1, 0.15) is 11.4 Å². The fourth-order valence-electron chi connectivity index (χ4n) is 3.13. The number of ether oxygens (including phenoxy) is 1. The maximum absolute atomic E-state index is 11.4. The summed E-state index contributed by atoms with van der Waals surface area (Å²) in [6.07, 6.45) is 0.882. The second kappa shape index (κ2) is 6.60. The van der Waals surface area contributed by atoms with Crippen molar-refractivity contribution in [1.82, 2.24) is 5.16 Å². The number of para-hydroxylation sites is 1. The van der Waals surface area contributed by atoms with Gasteiger partial charge in [-0.3, -0.25) is 10.1 Å². The van der Waals surface area contributed by atoms with Crippen molar-refractivity contribution in [2.24, 2.45) is 0 Å². The molecule has 1 aliphatic rings. The molecular weight excluding hydrogens is 310 g/mol. The monoisotopic (exact) mass is 331 g/mol. The standard InChI is InChI=1S/C17H21N3O4/c1-11-5-4-6-16(17(11)20(21)22)19-8-7-14(9-19)23-10-15-12(2)18-24-13(15)3/h4-6,14H,7-10H2,1-3H3/t14-/m0/s1. The number of rotatable bonds is 5. The fraction of sp³-hybridized carbons (Fsp3) is 0.471. The van der Waals surface area contributed by atoms with Crippen LogP contribution in [-0.2, 0) is 11.3 Å². The number of benzene rings is 1. The number of hydrogen-bond donors (Lipinski definition) is 0. The van der Waals surface area contributed by atoms with Gasteiger partial charge in [-0.05, 0) is 33.3 Å². The van der Waals surface area contributed by atoms with Crippen molar-refractivity contribution in [3.8, 4) is 0 Å². The molecule has 0 spiro atoms. The molecule has 1 fully saturated rings. The predicted molar refractivity (Wildman–Crippen MR) is 89.2 cm³/mol. The molecule has 1 atom stereocenters. The van der Waals surface area contributed by atoms with Crippen LogP contribution in [0.3, 0.4) is 0 Å². The lowest BCUT2D eigenvalue weighted by molar-refractivity contribution is -0.384. The number of aryl methyl sites for hydroxylation is 3. The average Bonchev–Trinajstić information content (AvgIpc) is 3.12. The highest BCUT2D eigenvalue weighted by Gasteiger charge is 2.29. The smallest absolute Gasteiger partial charge is 0.295 e. The van der Waals surface area contributed by atoms with Crippen molar-refractivity contribution in [1.29, 1.82) is 0 Å². The van der Waals surface area contributed by atoms with Gasteiger partial charge in [-0.15, -0.1) is 0 Å². The summed E-state index contributed by atoms with van der Waals surface area (Å²) in [6.45, 7) is 7.38. The van der Waals surface area contributed by atoms with Crippen LogP contribution < -0.4 is 4.90 Å². The number of aromatic nitrogens is 1. The normalized spacial score (nSPS) is 17.5. The van der Waals surface area contributed by atoms with Crippen LogP contribution in [0.2, 0.25) is 0 Å². The van der Waals surface area contributed by atoms with E-state index in [1.165, 1.54) is 0 Å². The molecule has 0 bridgehead atoms. The quantitative estimate of drug-likeness (QED) is 0.617. The summed E-state index contributed by atoms with van der Waals surface area (Å²) < 4.78 is 11.1. The third-order valence-corrected chi connectivity index (χ3v) is 4.53. The minimum Gasteiger partial charge on any atom is -0.371 e. The van der Waals surface area contributed by atoms with Gasteiger partial charge in [-0.2, -0.15) is 0 Å². The van der Waals surface area contributed by atoms with Gasteiger partial charge >= 0.3 is 0 Å². The molecule has 128 valence electrons. The summed E-state index contributed by atoms with van der Waals surface area (Å²) in [6, 6.07) is 5.43. The molecule has 0 aliphatic carbocycles. The van der Waals surface area contributed by atoms with Gasteiger partial charge in [0.15, 0.2) is 0 Å². The van der Waals surface area contributed by atoms with E-state index in [2.05, 4.69) is 5.16 Å². The van der Waals surface area contributed by atoms with Crippen LogP contribution in [0.15, 0.2) is 22.7 Å². The number of nitro benzene ring substituents is 1. The summed E-state index contributed by atoms with van der Waals surface area (Å²) in [5.74, 6) is 0.775. The van der Waals surface area contributed by atoms with E-state index in [1.807, 2.05) is 30.9 Å². The van der Waals surface area contributed by atoms with Crippen LogP contribution in [-0.4, -0.2) is 29.3 Å². The molecule has 1 saturated heterocycles. The Morgan fingerprint density at radius 1 is 1.42 bits per heavy atom. The van der Waals surface area contributed by atoms with Gasteiger partial charge in [0.05, 0.1) is 23.3 Å². The zero-order valence-corrected chi connectivity index (χ0v) is 14.1. The van der Waals surface area contributed by atoms with Gasteiger partial charge < -0.3 is 14.2 Å². The molecule has 7 heteroatoms. The van der Waals surface area contributed by atoms with Crippen LogP contribution in [0.4, 0.5) is 11.4 Å². The second-order valence-corrected chi connectivity index (χ2v) is 6.17. The lowest BCUT2D eigenvalue weighted by Gasteiger charge is -2.19. The largest absolute Gasteiger partial charge is 0.371 e. The summed E-state index contributed by atoms with van der Waals surface area (Å²) in [5.41, 5.74) is 3.36. The molecule has 1 aliphatic heterocycles. The lowest BCUT2D eigenvalue weighted by atomic mass is 10.1. The molecule has 0 N–H and O–H groups in total. The number of nitro groups is 1. The van der Waals surface area contributed by atoms with Crippen molar-refractivity contribution in [3.05, 3.63) is 50.9 Å². The second-order valence-electron chi connectivity index (χ2n) is 6.17. The van der Waals surface area contributed by atoms with E-state index in [4.69, 9.17) is 9.26 Å². The molecule has 1 aromatic heterocycles. The summed E-state index contributed by atoms with van der Waals surface area (Å²) in [5, 5.41) is 15.3. The molecule has 2 heterocycles. The Kier molecular flexibility index (Phi) is 4.53. The molecular formula is C17H21N3O4. The van der Waals surface area contributed by atoms with E-state index in [0.717, 1.165) is 30.0 Å². The van der Waals surface area contributed by atoms with E-state index in [0.29, 0.717) is 24.4 Å². The SMILES string of the molecule is Cc1cccc(N2CC[C@H](OCc3c(C)noc3C)C2)c1[N+](=O)[O-]. The minimum absolute atomic E-state index is 0.0406. The first-order chi connectivity index (χ1) is 11.5. The molecule has 2 aromatic rings. The first-order valence-corrected chi connectivity index (χ1v) is 7.99. The van der Waals surface area contributed by atoms with E-state index in [1.54, 1.807) is 13.0 Å². The van der Waals surface area contributed by atoms with Gasteiger partial charge in [0.2, 0.25) is 0 Å². The molecule has 0 amide bonds. The Morgan fingerprint density at radius 2 is 2.21 bits per heavy atom. The summed E-state index contributed by atoms with van der Waals surface area (Å²) in [4.78, 5) is 13.1. The van der Waals surface area contributed by atoms with Crippen LogP contribution in [0.1, 0.15) is 29.0 Å². The molecule has 0 radical (unpaired) electrons. The van der Waals surface area contributed by atoms with Gasteiger partial charge in [0, 0.05) is 24.2 Å². The number of hydrogen-bond acceptors (Lipinski definition) is 6. The molecule has 0 unspecified atom stereocenters. The first-order valence-electron chi connectivity index (χ1n) is 7.99. The topological polar surface area (TPSA) is 81.6 Å². The third kappa shape index (κ3) is 3.12. The van der Waals surface area contributed by atoms with Crippen LogP contribution in [0, 0.1) is 30.9 Å². The van der Waals surface area contributed by atoms with Gasteiger partial charge in [-0.25, -0.2) is 0 Å². The molecule has 0 saturated carbocycles. The first kappa shape index (κ1) is 16.4. The maximum Gasteiger partial charge on any atom is 0.295 e. The summed E-state index contributed by atoms with van der Waals surface area (Å²) >= 11 is 0. The highest BCUT2D eigenvalue weighted by atomic mass is 16.6. The van der Waals surface area contributed by atoms with Crippen molar-refractivity contribution < 1.29 is 14.2 Å². The van der Waals surface area contributed by atoms with Crippen molar-refractivity contribution in [3.63, 3.8) is 0 Å². The molecule has 24 heavy (non-hydrogen) atoms. The van der Waals surface area contributed by atoms with Crippen molar-refractivity contribution in [2.75, 3.05) is 18.0 Å². The van der Waals surface area contributed by atoms with Crippen LogP contribution >= 0.6 is 0 Å². The van der Waals surface area contributed by atoms with Crippen molar-refractivity contribution >= 4 is 11.4 Å². The lowest BCUT2D eigenvalue weighted by Crippen LogP contribution is -2.23. The Bertz CT molecular complexity index is 737. The average molecular weight is 331 g/mol.